The Balaban J connectivity index is 1.21. The molecular weight excluding hydrogens is 487 g/mol. The number of nitrogens with zero attached hydrogens (tertiary/aromatic N) is 4. The van der Waals surface area contributed by atoms with Crippen molar-refractivity contribution < 1.29 is 9.47 Å². The van der Waals surface area contributed by atoms with Crippen molar-refractivity contribution >= 4 is 39.9 Å². The molecule has 0 aliphatic carbocycles. The van der Waals surface area contributed by atoms with E-state index in [0.717, 1.165) is 60.8 Å². The summed E-state index contributed by atoms with van der Waals surface area (Å²) in [4.78, 5) is 11.0. The molecule has 180 valence electrons. The molecule has 1 aromatic carbocycles. The highest BCUT2D eigenvalue weighted by atomic mass is 35.5. The molecule has 0 bridgehead atoms. The summed E-state index contributed by atoms with van der Waals surface area (Å²) >= 11 is 12.6. The fourth-order valence-corrected chi connectivity index (χ4v) is 5.50. The number of halogens is 2. The van der Waals surface area contributed by atoms with Gasteiger partial charge in [0.2, 0.25) is 0 Å². The van der Waals surface area contributed by atoms with Crippen LogP contribution in [0.1, 0.15) is 18.6 Å². The SMILES string of the molecule is C[C@@H](Oc1ccc2[nH]nc(-c3ccc(N4CC5(COCCN5)C4)nc3)c2c1)c1c(Cl)cncc1Cl. The Morgan fingerprint density at radius 2 is 1.94 bits per heavy atom. The van der Waals surface area contributed by atoms with E-state index in [9.17, 15) is 0 Å². The van der Waals surface area contributed by atoms with Crippen LogP contribution in [0.4, 0.5) is 5.82 Å². The first kappa shape index (κ1) is 22.5. The third kappa shape index (κ3) is 4.21. The molecule has 3 aromatic heterocycles. The number of hydrogen-bond acceptors (Lipinski definition) is 7. The summed E-state index contributed by atoms with van der Waals surface area (Å²) in [5.41, 5.74) is 3.43. The monoisotopic (exact) mass is 510 g/mol. The Bertz CT molecular complexity index is 1340. The number of H-pyrrole nitrogens is 1. The van der Waals surface area contributed by atoms with E-state index in [1.54, 1.807) is 12.4 Å². The summed E-state index contributed by atoms with van der Waals surface area (Å²) in [5, 5.41) is 13.1. The van der Waals surface area contributed by atoms with Gasteiger partial charge in [-0.25, -0.2) is 4.98 Å². The van der Waals surface area contributed by atoms with Gasteiger partial charge in [0.15, 0.2) is 0 Å². The molecule has 4 aromatic rings. The predicted molar refractivity (Wildman–Crippen MR) is 136 cm³/mol. The maximum Gasteiger partial charge on any atom is 0.128 e. The van der Waals surface area contributed by atoms with Crippen molar-refractivity contribution in [1.82, 2.24) is 25.5 Å². The Morgan fingerprint density at radius 3 is 2.66 bits per heavy atom. The second-order valence-electron chi connectivity index (χ2n) is 9.08. The number of pyridine rings is 2. The molecule has 0 radical (unpaired) electrons. The topological polar surface area (TPSA) is 88.2 Å². The van der Waals surface area contributed by atoms with Crippen molar-refractivity contribution in [1.29, 1.82) is 0 Å². The number of aromatic nitrogens is 4. The maximum atomic E-state index is 6.30. The van der Waals surface area contributed by atoms with E-state index in [-0.39, 0.29) is 11.6 Å². The number of hydrogen-bond donors (Lipinski definition) is 2. The number of morpholine rings is 1. The van der Waals surface area contributed by atoms with Gasteiger partial charge in [-0.3, -0.25) is 10.1 Å². The van der Waals surface area contributed by atoms with Crippen molar-refractivity contribution in [2.45, 2.75) is 18.6 Å². The second kappa shape index (κ2) is 8.95. The van der Waals surface area contributed by atoms with Crippen molar-refractivity contribution in [3.63, 3.8) is 0 Å². The lowest BCUT2D eigenvalue weighted by Crippen LogP contribution is -2.73. The summed E-state index contributed by atoms with van der Waals surface area (Å²) in [6, 6.07) is 9.91. The third-order valence-electron chi connectivity index (χ3n) is 6.60. The Kier molecular flexibility index (Phi) is 5.76. The van der Waals surface area contributed by atoms with Crippen molar-refractivity contribution in [3.8, 4) is 17.0 Å². The summed E-state index contributed by atoms with van der Waals surface area (Å²) in [6.45, 7) is 6.14. The van der Waals surface area contributed by atoms with Crippen molar-refractivity contribution in [2.24, 2.45) is 0 Å². The number of nitrogens with one attached hydrogen (secondary N) is 2. The van der Waals surface area contributed by atoms with Gasteiger partial charge in [0.25, 0.3) is 0 Å². The fraction of sp³-hybridized carbons (Fsp3) is 0.320. The van der Waals surface area contributed by atoms with Crippen LogP contribution in [0.3, 0.4) is 0 Å². The Hall–Kier alpha value is -2.91. The molecular formula is C25H24Cl2N6O2. The van der Waals surface area contributed by atoms with Gasteiger partial charge in [0, 0.05) is 54.7 Å². The normalized spacial score (nSPS) is 18.0. The Labute approximate surface area is 212 Å². The number of benzene rings is 1. The first-order valence-electron chi connectivity index (χ1n) is 11.5. The predicted octanol–water partition coefficient (Wildman–Crippen LogP) is 4.65. The summed E-state index contributed by atoms with van der Waals surface area (Å²) in [7, 11) is 0. The molecule has 2 fully saturated rings. The zero-order valence-corrected chi connectivity index (χ0v) is 20.6. The van der Waals surface area contributed by atoms with Crippen LogP contribution in [0.25, 0.3) is 22.2 Å². The first-order chi connectivity index (χ1) is 17.0. The zero-order valence-electron chi connectivity index (χ0n) is 19.1. The molecule has 2 N–H and O–H groups in total. The number of ether oxygens (including phenoxy) is 2. The third-order valence-corrected chi connectivity index (χ3v) is 7.20. The smallest absolute Gasteiger partial charge is 0.128 e. The highest BCUT2D eigenvalue weighted by Gasteiger charge is 2.44. The maximum absolute atomic E-state index is 6.30. The molecule has 10 heteroatoms. The molecule has 6 rings (SSSR count). The number of rotatable bonds is 5. The van der Waals surface area contributed by atoms with E-state index < -0.39 is 0 Å². The van der Waals surface area contributed by atoms with E-state index in [1.807, 2.05) is 37.4 Å². The molecule has 0 unspecified atom stereocenters. The first-order valence-corrected chi connectivity index (χ1v) is 12.2. The van der Waals surface area contributed by atoms with Gasteiger partial charge >= 0.3 is 0 Å². The zero-order chi connectivity index (χ0) is 24.0. The van der Waals surface area contributed by atoms with E-state index in [4.69, 9.17) is 37.7 Å². The minimum atomic E-state index is -0.351. The summed E-state index contributed by atoms with van der Waals surface area (Å²) < 4.78 is 11.8. The van der Waals surface area contributed by atoms with E-state index in [2.05, 4.69) is 31.5 Å². The van der Waals surface area contributed by atoms with Gasteiger partial charge in [-0.15, -0.1) is 0 Å². The molecule has 35 heavy (non-hydrogen) atoms. The molecule has 2 aliphatic rings. The van der Waals surface area contributed by atoms with Crippen molar-refractivity contribution in [2.75, 3.05) is 37.7 Å². The molecule has 1 atom stereocenters. The van der Waals surface area contributed by atoms with Crippen LogP contribution in [0.2, 0.25) is 10.0 Å². The van der Waals surface area contributed by atoms with Crippen LogP contribution in [0.5, 0.6) is 5.75 Å². The van der Waals surface area contributed by atoms with E-state index in [0.29, 0.717) is 21.4 Å². The average Bonchev–Trinajstić information content (AvgIpc) is 3.26. The van der Waals surface area contributed by atoms with Gasteiger partial charge in [0.1, 0.15) is 23.4 Å². The van der Waals surface area contributed by atoms with Gasteiger partial charge in [-0.2, -0.15) is 5.10 Å². The summed E-state index contributed by atoms with van der Waals surface area (Å²) in [6.07, 6.45) is 4.65. The van der Waals surface area contributed by atoms with Gasteiger partial charge in [-0.05, 0) is 37.3 Å². The van der Waals surface area contributed by atoms with Gasteiger partial charge in [-0.1, -0.05) is 23.2 Å². The van der Waals surface area contributed by atoms with Crippen LogP contribution in [0.15, 0.2) is 48.9 Å². The van der Waals surface area contributed by atoms with Crippen LogP contribution in [-0.4, -0.2) is 58.6 Å². The number of fused-ring (bicyclic) bond motifs is 1. The molecule has 1 spiro atoms. The van der Waals surface area contributed by atoms with E-state index >= 15 is 0 Å². The average molecular weight is 511 g/mol. The standard InChI is InChI=1S/C25H24Cl2N6O2/c1-15(23-19(26)10-28-11-20(23)27)35-17-3-4-21-18(8-17)24(32-31-21)16-2-5-22(29-9-16)33-12-25(13-33)14-34-7-6-30-25/h2-5,8-11,15,30H,6-7,12-14H2,1H3,(H,31,32)/t15-/m1/s1. The van der Waals surface area contributed by atoms with Gasteiger partial charge < -0.3 is 19.7 Å². The lowest BCUT2D eigenvalue weighted by Gasteiger charge is -2.52. The highest BCUT2D eigenvalue weighted by molar-refractivity contribution is 6.35. The Morgan fingerprint density at radius 1 is 1.11 bits per heavy atom. The minimum absolute atomic E-state index is 0.0647. The molecule has 8 nitrogen and oxygen atoms in total. The fourth-order valence-electron chi connectivity index (χ4n) is 4.83. The minimum Gasteiger partial charge on any atom is -0.486 e. The molecule has 5 heterocycles. The summed E-state index contributed by atoms with van der Waals surface area (Å²) in [5.74, 6) is 1.64. The lowest BCUT2D eigenvalue weighted by atomic mass is 9.89. The van der Waals surface area contributed by atoms with E-state index in [1.165, 1.54) is 0 Å². The largest absolute Gasteiger partial charge is 0.486 e. The van der Waals surface area contributed by atoms with Crippen LogP contribution in [0, 0.1) is 0 Å². The molecule has 0 saturated carbocycles. The molecule has 2 aliphatic heterocycles. The number of anilines is 1. The highest BCUT2D eigenvalue weighted by Crippen LogP contribution is 2.35. The number of aromatic amines is 1. The van der Waals surface area contributed by atoms with Gasteiger partial charge in [0.05, 0.1) is 34.3 Å². The molecule has 2 saturated heterocycles. The van der Waals surface area contributed by atoms with Crippen LogP contribution >= 0.6 is 23.2 Å². The second-order valence-corrected chi connectivity index (χ2v) is 9.89. The van der Waals surface area contributed by atoms with Crippen molar-refractivity contribution in [3.05, 3.63) is 64.5 Å². The lowest BCUT2D eigenvalue weighted by molar-refractivity contribution is 0.0135. The quantitative estimate of drug-likeness (QED) is 0.404. The van der Waals surface area contributed by atoms with Crippen LogP contribution in [-0.2, 0) is 4.74 Å². The molecule has 0 amide bonds. The van der Waals surface area contributed by atoms with Crippen LogP contribution < -0.4 is 15.0 Å².